The van der Waals surface area contributed by atoms with E-state index in [1.165, 1.54) is 0 Å². The maximum absolute atomic E-state index is 12.6. The largest absolute Gasteiger partial charge is 0.490 e. The Labute approximate surface area is 88.8 Å². The fraction of sp³-hybridized carbons (Fsp3) is 0.250. The van der Waals surface area contributed by atoms with Crippen LogP contribution in [0.15, 0.2) is 12.3 Å². The van der Waals surface area contributed by atoms with Gasteiger partial charge in [0, 0.05) is 0 Å². The minimum atomic E-state index is -5.06. The van der Waals surface area contributed by atoms with Gasteiger partial charge < -0.3 is 4.74 Å². The Morgan fingerprint density at radius 2 is 2.12 bits per heavy atom. The number of hydrogen-bond acceptors (Lipinski definition) is 3. The fourth-order valence-corrected chi connectivity index (χ4v) is 0.800. The zero-order valence-corrected chi connectivity index (χ0v) is 7.71. The van der Waals surface area contributed by atoms with Crippen LogP contribution in [0.5, 0.6) is 0 Å². The normalized spacial score (nSPS) is 11.2. The van der Waals surface area contributed by atoms with Crippen molar-refractivity contribution in [1.82, 2.24) is 4.98 Å². The number of hydrogen-bond donors (Lipinski definition) is 0. The predicted octanol–water partition coefficient (Wildman–Crippen LogP) is 0.620. The van der Waals surface area contributed by atoms with Crippen LogP contribution >= 0.6 is 0 Å². The van der Waals surface area contributed by atoms with Crippen LogP contribution in [-0.4, -0.2) is 25.0 Å². The first kappa shape index (κ1) is 12.5. The van der Waals surface area contributed by atoms with Crippen LogP contribution in [0.4, 0.5) is 17.6 Å². The third kappa shape index (κ3) is 3.21. The number of nitrogens with zero attached hydrogens (tertiary/aromatic N) is 1. The fourth-order valence-electron chi connectivity index (χ4n) is 0.800. The first-order valence-corrected chi connectivity index (χ1v) is 3.94. The SMILES string of the molecule is [B]c1cc(COC(=O)C(F)(F)F)ncc1F. The van der Waals surface area contributed by atoms with Crippen molar-refractivity contribution in [3.63, 3.8) is 0 Å². The Morgan fingerprint density at radius 1 is 1.50 bits per heavy atom. The van der Waals surface area contributed by atoms with Crippen molar-refractivity contribution in [1.29, 1.82) is 0 Å². The van der Waals surface area contributed by atoms with Gasteiger partial charge >= 0.3 is 12.1 Å². The summed E-state index contributed by atoms with van der Waals surface area (Å²) in [6.45, 7) is -0.719. The van der Waals surface area contributed by atoms with E-state index < -0.39 is 24.6 Å². The quantitative estimate of drug-likeness (QED) is 0.427. The van der Waals surface area contributed by atoms with Gasteiger partial charge in [-0.05, 0) is 6.07 Å². The van der Waals surface area contributed by atoms with E-state index in [4.69, 9.17) is 7.85 Å². The van der Waals surface area contributed by atoms with Gasteiger partial charge in [-0.2, -0.15) is 13.2 Å². The van der Waals surface area contributed by atoms with Crippen LogP contribution in [0.25, 0.3) is 0 Å². The molecule has 1 heterocycles. The van der Waals surface area contributed by atoms with Crippen LogP contribution in [0.2, 0.25) is 0 Å². The highest BCUT2D eigenvalue weighted by molar-refractivity contribution is 6.32. The molecule has 0 aliphatic rings. The lowest BCUT2D eigenvalue weighted by molar-refractivity contribution is -0.201. The number of alkyl halides is 3. The second kappa shape index (κ2) is 4.50. The average Bonchev–Trinajstić information content (AvgIpc) is 2.18. The lowest BCUT2D eigenvalue weighted by atomic mass is 9.96. The Hall–Kier alpha value is -1.60. The Bertz CT molecular complexity index is 408. The molecule has 0 unspecified atom stereocenters. The van der Waals surface area contributed by atoms with Gasteiger partial charge in [0.05, 0.1) is 11.9 Å². The van der Waals surface area contributed by atoms with Gasteiger partial charge in [-0.15, -0.1) is 0 Å². The van der Waals surface area contributed by atoms with Crippen LogP contribution in [-0.2, 0) is 16.1 Å². The van der Waals surface area contributed by atoms with Gasteiger partial charge in [-0.1, -0.05) is 5.46 Å². The highest BCUT2D eigenvalue weighted by atomic mass is 19.4. The maximum atomic E-state index is 12.6. The first-order chi connectivity index (χ1) is 7.30. The van der Waals surface area contributed by atoms with Crippen LogP contribution in [0.1, 0.15) is 5.69 Å². The molecule has 1 aromatic rings. The molecule has 0 aliphatic carbocycles. The Kier molecular flexibility index (Phi) is 3.51. The molecule has 1 aromatic heterocycles. The average molecular weight is 233 g/mol. The van der Waals surface area contributed by atoms with Crippen molar-refractivity contribution in [2.45, 2.75) is 12.8 Å². The van der Waals surface area contributed by atoms with Gasteiger partial charge in [0.1, 0.15) is 20.3 Å². The zero-order chi connectivity index (χ0) is 12.3. The molecule has 84 valence electrons. The summed E-state index contributed by atoms with van der Waals surface area (Å²) in [6, 6.07) is 0.985. The van der Waals surface area contributed by atoms with E-state index in [-0.39, 0.29) is 11.2 Å². The van der Waals surface area contributed by atoms with Crippen molar-refractivity contribution >= 4 is 19.3 Å². The molecule has 0 bridgehead atoms. The zero-order valence-electron chi connectivity index (χ0n) is 7.71. The smallest absolute Gasteiger partial charge is 0.453 e. The van der Waals surface area contributed by atoms with Crippen molar-refractivity contribution in [3.05, 3.63) is 23.8 Å². The van der Waals surface area contributed by atoms with Gasteiger partial charge in [0.2, 0.25) is 0 Å². The number of ether oxygens (including phenoxy) is 1. The minimum absolute atomic E-state index is 0.0727. The van der Waals surface area contributed by atoms with Gasteiger partial charge in [-0.25, -0.2) is 9.18 Å². The highest BCUT2D eigenvalue weighted by Crippen LogP contribution is 2.17. The molecule has 1 rings (SSSR count). The van der Waals surface area contributed by atoms with E-state index in [0.717, 1.165) is 12.3 Å². The Morgan fingerprint density at radius 3 is 2.62 bits per heavy atom. The second-order valence-electron chi connectivity index (χ2n) is 2.77. The van der Waals surface area contributed by atoms with E-state index in [9.17, 15) is 22.4 Å². The lowest BCUT2D eigenvalue weighted by Gasteiger charge is -2.07. The summed E-state index contributed by atoms with van der Waals surface area (Å²) in [5.74, 6) is -3.14. The number of carbonyl (C=O) groups is 1. The molecule has 0 saturated heterocycles. The molecule has 0 fully saturated rings. The Balaban J connectivity index is 2.62. The first-order valence-electron chi connectivity index (χ1n) is 3.94. The van der Waals surface area contributed by atoms with Crippen LogP contribution in [0, 0.1) is 5.82 Å². The molecule has 0 aliphatic heterocycles. The minimum Gasteiger partial charge on any atom is -0.453 e. The summed E-state index contributed by atoms with van der Waals surface area (Å²) in [5, 5.41) is 0. The molecular weight excluding hydrogens is 229 g/mol. The van der Waals surface area contributed by atoms with Crippen molar-refractivity contribution < 1.29 is 27.1 Å². The molecule has 0 amide bonds. The molecule has 0 spiro atoms. The standard InChI is InChI=1S/C8H4BF4NO2/c9-5-1-4(14-2-6(5)10)3-16-7(15)8(11,12)13/h1-2H,3H2. The van der Waals surface area contributed by atoms with E-state index in [1.807, 2.05) is 0 Å². The third-order valence-electron chi connectivity index (χ3n) is 1.52. The van der Waals surface area contributed by atoms with Crippen molar-refractivity contribution in [3.8, 4) is 0 Å². The molecule has 8 heteroatoms. The lowest BCUT2D eigenvalue weighted by Crippen LogP contribution is -2.25. The molecule has 0 saturated carbocycles. The monoisotopic (exact) mass is 233 g/mol. The van der Waals surface area contributed by atoms with E-state index in [1.54, 1.807) is 0 Å². The number of rotatable bonds is 2. The molecular formula is C8H4BF4NO2. The summed E-state index contributed by atoms with van der Waals surface area (Å²) in [4.78, 5) is 13.7. The third-order valence-corrected chi connectivity index (χ3v) is 1.52. The summed E-state index contributed by atoms with van der Waals surface area (Å²) in [6.07, 6.45) is -4.34. The topological polar surface area (TPSA) is 39.2 Å². The van der Waals surface area contributed by atoms with E-state index >= 15 is 0 Å². The van der Waals surface area contributed by atoms with Crippen LogP contribution in [0.3, 0.4) is 0 Å². The maximum Gasteiger partial charge on any atom is 0.490 e. The molecule has 0 aromatic carbocycles. The summed E-state index contributed by atoms with van der Waals surface area (Å²) < 4.78 is 51.6. The number of pyridine rings is 1. The summed E-state index contributed by atoms with van der Waals surface area (Å²) in [5.41, 5.74) is -0.357. The number of halogens is 4. The van der Waals surface area contributed by atoms with Gasteiger partial charge in [0.15, 0.2) is 0 Å². The highest BCUT2D eigenvalue weighted by Gasteiger charge is 2.40. The van der Waals surface area contributed by atoms with Gasteiger partial charge in [0.25, 0.3) is 0 Å². The summed E-state index contributed by atoms with van der Waals surface area (Å²) >= 11 is 0. The second-order valence-corrected chi connectivity index (χ2v) is 2.77. The van der Waals surface area contributed by atoms with Crippen molar-refractivity contribution in [2.24, 2.45) is 0 Å². The van der Waals surface area contributed by atoms with Crippen molar-refractivity contribution in [2.75, 3.05) is 0 Å². The van der Waals surface area contributed by atoms with E-state index in [2.05, 4.69) is 9.72 Å². The van der Waals surface area contributed by atoms with Crippen LogP contribution < -0.4 is 5.46 Å². The number of esters is 1. The van der Waals surface area contributed by atoms with E-state index in [0.29, 0.717) is 0 Å². The van der Waals surface area contributed by atoms with Gasteiger partial charge in [-0.3, -0.25) is 4.98 Å². The number of carbonyl (C=O) groups excluding carboxylic acids is 1. The molecule has 2 radical (unpaired) electrons. The molecule has 3 nitrogen and oxygen atoms in total. The number of aromatic nitrogens is 1. The molecule has 0 N–H and O–H groups in total. The molecule has 0 atom stereocenters. The molecule has 16 heavy (non-hydrogen) atoms. The summed E-state index contributed by atoms with van der Waals surface area (Å²) in [7, 11) is 5.14. The predicted molar refractivity (Wildman–Crippen MR) is 45.4 cm³/mol.